The van der Waals surface area contributed by atoms with Crippen molar-refractivity contribution in [3.63, 3.8) is 0 Å². The van der Waals surface area contributed by atoms with Gasteiger partial charge in [-0.2, -0.15) is 0 Å². The van der Waals surface area contributed by atoms with Crippen LogP contribution >= 0.6 is 12.2 Å². The van der Waals surface area contributed by atoms with Crippen LogP contribution in [0, 0.1) is 17.7 Å². The van der Waals surface area contributed by atoms with Gasteiger partial charge in [0.2, 0.25) is 5.89 Å². The number of hydrogen-bond acceptors (Lipinski definition) is 5. The first kappa shape index (κ1) is 18.8. The van der Waals surface area contributed by atoms with Gasteiger partial charge in [0, 0.05) is 30.1 Å². The molecule has 0 spiro atoms. The molecule has 1 fully saturated rings. The molecule has 0 bridgehead atoms. The molecule has 2 heterocycles. The first-order valence-electron chi connectivity index (χ1n) is 9.57. The van der Waals surface area contributed by atoms with Gasteiger partial charge in [-0.3, -0.25) is 9.69 Å². The second-order valence-electron chi connectivity index (χ2n) is 7.30. The second-order valence-corrected chi connectivity index (χ2v) is 7.65. The molecule has 6 heteroatoms. The zero-order chi connectivity index (χ0) is 19.5. The predicted molar refractivity (Wildman–Crippen MR) is 111 cm³/mol. The average Bonchev–Trinajstić information content (AvgIpc) is 3.09. The molecule has 1 aliphatic heterocycles. The molecule has 0 radical (unpaired) electrons. The fourth-order valence-corrected chi connectivity index (χ4v) is 3.75. The van der Waals surface area contributed by atoms with Crippen LogP contribution < -0.4 is 0 Å². The van der Waals surface area contributed by atoms with Crippen LogP contribution in [0.1, 0.15) is 28.8 Å². The van der Waals surface area contributed by atoms with Crippen molar-refractivity contribution < 1.29 is 9.21 Å². The molecular weight excluding hydrogens is 370 g/mol. The maximum absolute atomic E-state index is 12.6. The Morgan fingerprint density at radius 3 is 2.46 bits per heavy atom. The van der Waals surface area contributed by atoms with Crippen LogP contribution in [0.2, 0.25) is 0 Å². The quantitative estimate of drug-likeness (QED) is 0.463. The minimum Gasteiger partial charge on any atom is -0.409 e. The molecule has 0 amide bonds. The number of likely N-dealkylation sites (tertiary alicyclic amines) is 1. The van der Waals surface area contributed by atoms with Crippen molar-refractivity contribution in [3.05, 3.63) is 70.6 Å². The van der Waals surface area contributed by atoms with Crippen LogP contribution in [0.3, 0.4) is 0 Å². The van der Waals surface area contributed by atoms with Crippen LogP contribution in [-0.4, -0.2) is 33.6 Å². The number of carbonyl (C=O) groups excluding carboxylic acids is 1. The van der Waals surface area contributed by atoms with Crippen LogP contribution in [0.15, 0.2) is 59.0 Å². The van der Waals surface area contributed by atoms with Gasteiger partial charge in [-0.25, -0.2) is 4.68 Å². The third kappa shape index (κ3) is 4.13. The van der Waals surface area contributed by atoms with E-state index in [9.17, 15) is 4.79 Å². The molecule has 4 rings (SSSR count). The van der Waals surface area contributed by atoms with E-state index in [1.807, 2.05) is 61.5 Å². The fraction of sp³-hybridized carbons (Fsp3) is 0.318. The standard InChI is InChI=1S/C22H23N3O2S/c1-16-7-9-19(10-8-16)21-23-25(22(28)27-21)15-24-13-11-18(12-14-24)20(26)17-5-3-2-4-6-17/h2-10,18H,11-15H2,1H3. The summed E-state index contributed by atoms with van der Waals surface area (Å²) in [5.74, 6) is 0.881. The Kier molecular flexibility index (Phi) is 5.50. The molecule has 1 aliphatic rings. The normalized spacial score (nSPS) is 15.6. The third-order valence-corrected chi connectivity index (χ3v) is 5.55. The summed E-state index contributed by atoms with van der Waals surface area (Å²) in [6, 6.07) is 17.6. The van der Waals surface area contributed by atoms with Crippen LogP contribution in [0.5, 0.6) is 0 Å². The summed E-state index contributed by atoms with van der Waals surface area (Å²) in [6.45, 7) is 4.32. The minimum atomic E-state index is 0.0899. The number of nitrogens with zero attached hydrogens (tertiary/aromatic N) is 3. The molecule has 28 heavy (non-hydrogen) atoms. The Hall–Kier alpha value is -2.57. The SMILES string of the molecule is Cc1ccc(-c2nn(CN3CCC(C(=O)c4ccccc4)CC3)c(=S)o2)cc1. The molecule has 0 saturated carbocycles. The van der Waals surface area contributed by atoms with E-state index >= 15 is 0 Å². The molecule has 3 aromatic rings. The van der Waals surface area contributed by atoms with Crippen molar-refractivity contribution in [1.29, 1.82) is 0 Å². The zero-order valence-electron chi connectivity index (χ0n) is 15.9. The Morgan fingerprint density at radius 2 is 1.79 bits per heavy atom. The molecule has 0 unspecified atom stereocenters. The summed E-state index contributed by atoms with van der Waals surface area (Å²) >= 11 is 5.35. The number of ketones is 1. The number of rotatable bonds is 5. The molecule has 1 saturated heterocycles. The van der Waals surface area contributed by atoms with Crippen molar-refractivity contribution in [2.45, 2.75) is 26.4 Å². The van der Waals surface area contributed by atoms with Gasteiger partial charge in [0.15, 0.2) is 5.78 Å². The van der Waals surface area contributed by atoms with E-state index < -0.39 is 0 Å². The van der Waals surface area contributed by atoms with Gasteiger partial charge in [0.05, 0.1) is 6.67 Å². The fourth-order valence-electron chi connectivity index (χ4n) is 3.57. The van der Waals surface area contributed by atoms with Crippen LogP contribution in [0.4, 0.5) is 0 Å². The monoisotopic (exact) mass is 393 g/mol. The van der Waals surface area contributed by atoms with Crippen molar-refractivity contribution in [3.8, 4) is 11.5 Å². The molecule has 2 aromatic carbocycles. The molecule has 1 aromatic heterocycles. The molecular formula is C22H23N3O2S. The Balaban J connectivity index is 1.38. The van der Waals surface area contributed by atoms with E-state index in [1.54, 1.807) is 4.68 Å². The van der Waals surface area contributed by atoms with Crippen molar-refractivity contribution in [2.24, 2.45) is 5.92 Å². The number of hydrogen-bond donors (Lipinski definition) is 0. The lowest BCUT2D eigenvalue weighted by molar-refractivity contribution is 0.0802. The van der Waals surface area contributed by atoms with Gasteiger partial charge in [0.25, 0.3) is 4.84 Å². The van der Waals surface area contributed by atoms with E-state index in [1.165, 1.54) is 5.56 Å². The number of benzene rings is 2. The smallest absolute Gasteiger partial charge is 0.288 e. The summed E-state index contributed by atoms with van der Waals surface area (Å²) < 4.78 is 7.41. The molecule has 5 nitrogen and oxygen atoms in total. The van der Waals surface area contributed by atoms with Gasteiger partial charge in [0.1, 0.15) is 0 Å². The predicted octanol–water partition coefficient (Wildman–Crippen LogP) is 4.73. The summed E-state index contributed by atoms with van der Waals surface area (Å²) in [6.07, 6.45) is 1.70. The number of carbonyl (C=O) groups is 1. The highest BCUT2D eigenvalue weighted by atomic mass is 32.1. The molecule has 144 valence electrons. The Bertz CT molecular complexity index is 1000. The van der Waals surface area contributed by atoms with E-state index in [-0.39, 0.29) is 11.7 Å². The summed E-state index contributed by atoms with van der Waals surface area (Å²) in [4.78, 5) is 15.3. The maximum atomic E-state index is 12.6. The number of Topliss-reactive ketones (excluding diaryl/α,β-unsaturated/α-hetero) is 1. The molecule has 0 aliphatic carbocycles. The van der Waals surface area contributed by atoms with E-state index in [0.717, 1.165) is 37.1 Å². The van der Waals surface area contributed by atoms with Gasteiger partial charge in [-0.05, 0) is 44.1 Å². The maximum Gasteiger partial charge on any atom is 0.288 e. The van der Waals surface area contributed by atoms with Gasteiger partial charge in [-0.1, -0.05) is 48.0 Å². The average molecular weight is 394 g/mol. The Morgan fingerprint density at radius 1 is 1.11 bits per heavy atom. The minimum absolute atomic E-state index is 0.0899. The van der Waals surface area contributed by atoms with Crippen molar-refractivity contribution in [2.75, 3.05) is 13.1 Å². The van der Waals surface area contributed by atoms with E-state index in [0.29, 0.717) is 17.4 Å². The summed E-state index contributed by atoms with van der Waals surface area (Å²) in [5, 5.41) is 4.54. The highest BCUT2D eigenvalue weighted by Crippen LogP contribution is 2.23. The zero-order valence-corrected chi connectivity index (χ0v) is 16.7. The lowest BCUT2D eigenvalue weighted by Crippen LogP contribution is -2.37. The van der Waals surface area contributed by atoms with Gasteiger partial charge < -0.3 is 4.42 Å². The van der Waals surface area contributed by atoms with Crippen molar-refractivity contribution >= 4 is 18.0 Å². The molecule has 0 N–H and O–H groups in total. The largest absolute Gasteiger partial charge is 0.409 e. The number of aryl methyl sites for hydroxylation is 1. The number of aromatic nitrogens is 2. The lowest BCUT2D eigenvalue weighted by atomic mass is 9.89. The molecule has 0 atom stereocenters. The highest BCUT2D eigenvalue weighted by Gasteiger charge is 2.26. The third-order valence-electron chi connectivity index (χ3n) is 5.26. The first-order valence-corrected chi connectivity index (χ1v) is 9.97. The van der Waals surface area contributed by atoms with Crippen molar-refractivity contribution in [1.82, 2.24) is 14.7 Å². The number of piperidine rings is 1. The topological polar surface area (TPSA) is 51.3 Å². The summed E-state index contributed by atoms with van der Waals surface area (Å²) in [7, 11) is 0. The second kappa shape index (κ2) is 8.20. The van der Waals surface area contributed by atoms with Crippen LogP contribution in [-0.2, 0) is 6.67 Å². The van der Waals surface area contributed by atoms with Gasteiger partial charge in [-0.15, -0.1) is 5.10 Å². The van der Waals surface area contributed by atoms with Crippen LogP contribution in [0.25, 0.3) is 11.5 Å². The lowest BCUT2D eigenvalue weighted by Gasteiger charge is -2.30. The Labute approximate surface area is 169 Å². The van der Waals surface area contributed by atoms with Gasteiger partial charge >= 0.3 is 0 Å². The van der Waals surface area contributed by atoms with E-state index in [2.05, 4.69) is 10.00 Å². The summed E-state index contributed by atoms with van der Waals surface area (Å²) in [5.41, 5.74) is 2.92. The first-order chi connectivity index (χ1) is 13.6. The van der Waals surface area contributed by atoms with E-state index in [4.69, 9.17) is 16.6 Å². The highest BCUT2D eigenvalue weighted by molar-refractivity contribution is 7.71.